The molecular formula is C14H27NO4. The molecule has 3 atom stereocenters. The van der Waals surface area contributed by atoms with Crippen molar-refractivity contribution in [2.75, 3.05) is 6.61 Å². The lowest BCUT2D eigenvalue weighted by Crippen LogP contribution is -2.54. The zero-order valence-electron chi connectivity index (χ0n) is 12.7. The molecule has 0 aromatic rings. The topological polar surface area (TPSA) is 67.8 Å². The van der Waals surface area contributed by atoms with Crippen molar-refractivity contribution in [3.05, 3.63) is 0 Å². The van der Waals surface area contributed by atoms with E-state index in [0.717, 1.165) is 19.3 Å². The third-order valence-corrected chi connectivity index (χ3v) is 3.55. The Bertz CT molecular complexity index is 307. The number of alkyl carbamates (subject to hydrolysis) is 1. The van der Waals surface area contributed by atoms with Crippen LogP contribution in [0.1, 0.15) is 53.9 Å². The van der Waals surface area contributed by atoms with Crippen molar-refractivity contribution in [2.45, 2.75) is 77.2 Å². The van der Waals surface area contributed by atoms with Crippen LogP contribution in [-0.2, 0) is 9.47 Å². The third kappa shape index (κ3) is 4.66. The van der Waals surface area contributed by atoms with Crippen LogP contribution >= 0.6 is 0 Å². The van der Waals surface area contributed by atoms with Crippen LogP contribution in [0.15, 0.2) is 0 Å². The Balaban J connectivity index is 2.52. The van der Waals surface area contributed by atoms with Crippen molar-refractivity contribution in [1.82, 2.24) is 5.32 Å². The largest absolute Gasteiger partial charge is 0.444 e. The quantitative estimate of drug-likeness (QED) is 0.827. The first kappa shape index (κ1) is 16.2. The first-order valence-electron chi connectivity index (χ1n) is 6.99. The van der Waals surface area contributed by atoms with Gasteiger partial charge in [0.1, 0.15) is 5.60 Å². The Morgan fingerprint density at radius 2 is 2.16 bits per heavy atom. The van der Waals surface area contributed by atoms with Gasteiger partial charge >= 0.3 is 6.09 Å². The molecule has 0 aromatic heterocycles. The Hall–Kier alpha value is -0.810. The summed E-state index contributed by atoms with van der Waals surface area (Å²) in [6.45, 7) is 9.45. The van der Waals surface area contributed by atoms with Gasteiger partial charge < -0.3 is 19.9 Å². The van der Waals surface area contributed by atoms with E-state index in [0.29, 0.717) is 0 Å². The first-order valence-corrected chi connectivity index (χ1v) is 6.99. The zero-order chi connectivity index (χ0) is 14.7. The summed E-state index contributed by atoms with van der Waals surface area (Å²) < 4.78 is 11.1. The van der Waals surface area contributed by atoms with Gasteiger partial charge in [0.2, 0.25) is 0 Å². The highest BCUT2D eigenvalue weighted by molar-refractivity contribution is 5.68. The SMILES string of the molecule is CC[C@]1(CO)CC[C@@H](NC(=O)OC(C)(C)C)[C@H](C)O1. The van der Waals surface area contributed by atoms with Gasteiger partial charge in [-0.15, -0.1) is 0 Å². The Morgan fingerprint density at radius 3 is 2.58 bits per heavy atom. The molecule has 1 aliphatic rings. The number of aliphatic hydroxyl groups is 1. The van der Waals surface area contributed by atoms with E-state index in [-0.39, 0.29) is 18.8 Å². The zero-order valence-corrected chi connectivity index (χ0v) is 12.7. The second-order valence-corrected chi connectivity index (χ2v) is 6.31. The number of carbonyl (C=O) groups is 1. The number of hydrogen-bond donors (Lipinski definition) is 2. The number of rotatable bonds is 3. The summed E-state index contributed by atoms with van der Waals surface area (Å²) in [5.74, 6) is 0. The number of ether oxygens (including phenoxy) is 2. The number of carbonyl (C=O) groups excluding carboxylic acids is 1. The van der Waals surface area contributed by atoms with Crippen LogP contribution in [0.4, 0.5) is 4.79 Å². The van der Waals surface area contributed by atoms with E-state index in [2.05, 4.69) is 5.32 Å². The monoisotopic (exact) mass is 273 g/mol. The molecule has 1 rings (SSSR count). The molecule has 0 unspecified atom stereocenters. The predicted molar refractivity (Wildman–Crippen MR) is 73.0 cm³/mol. The van der Waals surface area contributed by atoms with Crippen molar-refractivity contribution in [1.29, 1.82) is 0 Å². The molecule has 1 saturated heterocycles. The average molecular weight is 273 g/mol. The number of aliphatic hydroxyl groups excluding tert-OH is 1. The summed E-state index contributed by atoms with van der Waals surface area (Å²) in [4.78, 5) is 11.7. The molecule has 0 aliphatic carbocycles. The minimum Gasteiger partial charge on any atom is -0.444 e. The van der Waals surface area contributed by atoms with Crippen molar-refractivity contribution in [3.63, 3.8) is 0 Å². The summed E-state index contributed by atoms with van der Waals surface area (Å²) >= 11 is 0. The Kier molecular flexibility index (Phi) is 5.21. The van der Waals surface area contributed by atoms with Crippen molar-refractivity contribution < 1.29 is 19.4 Å². The molecule has 1 fully saturated rings. The second-order valence-electron chi connectivity index (χ2n) is 6.31. The Morgan fingerprint density at radius 1 is 1.53 bits per heavy atom. The molecule has 0 spiro atoms. The number of nitrogens with one attached hydrogen (secondary N) is 1. The molecule has 1 aliphatic heterocycles. The van der Waals surface area contributed by atoms with Gasteiger partial charge in [0.05, 0.1) is 24.4 Å². The smallest absolute Gasteiger partial charge is 0.407 e. The minimum absolute atomic E-state index is 0.0208. The summed E-state index contributed by atoms with van der Waals surface area (Å²) in [5, 5.41) is 12.3. The second kappa shape index (κ2) is 6.09. The molecule has 2 N–H and O–H groups in total. The molecule has 19 heavy (non-hydrogen) atoms. The maximum Gasteiger partial charge on any atom is 0.407 e. The van der Waals surface area contributed by atoms with Crippen LogP contribution in [0.2, 0.25) is 0 Å². The maximum absolute atomic E-state index is 11.7. The fourth-order valence-electron chi connectivity index (χ4n) is 2.33. The predicted octanol–water partition coefficient (Wildman–Crippen LogP) is 2.22. The van der Waals surface area contributed by atoms with Crippen LogP contribution in [0, 0.1) is 0 Å². The maximum atomic E-state index is 11.7. The van der Waals surface area contributed by atoms with Gasteiger partial charge in [-0.1, -0.05) is 6.92 Å². The molecule has 5 nitrogen and oxygen atoms in total. The van der Waals surface area contributed by atoms with Crippen LogP contribution in [-0.4, -0.2) is 41.2 Å². The van der Waals surface area contributed by atoms with Gasteiger partial charge in [-0.05, 0) is 47.0 Å². The van der Waals surface area contributed by atoms with Gasteiger partial charge in [0.15, 0.2) is 0 Å². The van der Waals surface area contributed by atoms with E-state index in [1.54, 1.807) is 0 Å². The standard InChI is InChI=1S/C14H27NO4/c1-6-14(9-16)8-7-11(10(2)18-14)15-12(17)19-13(3,4)5/h10-11,16H,6-9H2,1-5H3,(H,15,17)/t10-,11+,14+/m0/s1. The van der Waals surface area contributed by atoms with Crippen molar-refractivity contribution >= 4 is 6.09 Å². The molecule has 112 valence electrons. The number of amides is 1. The number of hydrogen-bond acceptors (Lipinski definition) is 4. The van der Waals surface area contributed by atoms with Gasteiger partial charge in [0.25, 0.3) is 0 Å². The van der Waals surface area contributed by atoms with E-state index < -0.39 is 17.3 Å². The molecule has 0 radical (unpaired) electrons. The van der Waals surface area contributed by atoms with Crippen LogP contribution < -0.4 is 5.32 Å². The Labute approximate surface area is 115 Å². The third-order valence-electron chi connectivity index (χ3n) is 3.55. The van der Waals surface area contributed by atoms with Gasteiger partial charge in [-0.3, -0.25) is 0 Å². The van der Waals surface area contributed by atoms with Crippen LogP contribution in [0.3, 0.4) is 0 Å². The van der Waals surface area contributed by atoms with E-state index in [4.69, 9.17) is 9.47 Å². The lowest BCUT2D eigenvalue weighted by atomic mass is 9.87. The molecular weight excluding hydrogens is 246 g/mol. The van der Waals surface area contributed by atoms with Gasteiger partial charge in [-0.25, -0.2) is 4.79 Å². The fourth-order valence-corrected chi connectivity index (χ4v) is 2.33. The van der Waals surface area contributed by atoms with E-state index in [9.17, 15) is 9.90 Å². The van der Waals surface area contributed by atoms with E-state index >= 15 is 0 Å². The summed E-state index contributed by atoms with van der Waals surface area (Å²) in [5.41, 5.74) is -0.952. The van der Waals surface area contributed by atoms with Crippen molar-refractivity contribution in [2.24, 2.45) is 0 Å². The highest BCUT2D eigenvalue weighted by Gasteiger charge is 2.39. The minimum atomic E-state index is -0.499. The van der Waals surface area contributed by atoms with E-state index in [1.165, 1.54) is 0 Å². The average Bonchev–Trinajstić information content (AvgIpc) is 2.29. The molecule has 0 aromatic carbocycles. The summed E-state index contributed by atoms with van der Waals surface area (Å²) in [7, 11) is 0. The van der Waals surface area contributed by atoms with Gasteiger partial charge in [0, 0.05) is 0 Å². The molecule has 1 heterocycles. The summed E-state index contributed by atoms with van der Waals surface area (Å²) in [6, 6.07) is -0.0684. The van der Waals surface area contributed by atoms with Crippen LogP contribution in [0.5, 0.6) is 0 Å². The van der Waals surface area contributed by atoms with Crippen molar-refractivity contribution in [3.8, 4) is 0 Å². The highest BCUT2D eigenvalue weighted by Crippen LogP contribution is 2.31. The molecule has 1 amide bonds. The molecule has 5 heteroatoms. The highest BCUT2D eigenvalue weighted by atomic mass is 16.6. The van der Waals surface area contributed by atoms with Gasteiger partial charge in [-0.2, -0.15) is 0 Å². The fraction of sp³-hybridized carbons (Fsp3) is 0.929. The molecule has 0 saturated carbocycles. The van der Waals surface area contributed by atoms with Crippen LogP contribution in [0.25, 0.3) is 0 Å². The lowest BCUT2D eigenvalue weighted by Gasteiger charge is -2.42. The molecule has 0 bridgehead atoms. The first-order chi connectivity index (χ1) is 8.71. The van der Waals surface area contributed by atoms with E-state index in [1.807, 2.05) is 34.6 Å². The summed E-state index contributed by atoms with van der Waals surface area (Å²) in [6.07, 6.45) is 1.75. The normalized spacial score (nSPS) is 31.9. The lowest BCUT2D eigenvalue weighted by molar-refractivity contribution is -0.156.